The summed E-state index contributed by atoms with van der Waals surface area (Å²) in [5.41, 5.74) is 3.01. The lowest BCUT2D eigenvalue weighted by molar-refractivity contribution is -0.130. The molecule has 0 bridgehead atoms. The second-order valence-electron chi connectivity index (χ2n) is 7.07. The SMILES string of the molecule is C=CN1CCCCC(C(=O)c2cc(-c3ccccc3)nc3ccccc23)C1=O. The van der Waals surface area contributed by atoms with Gasteiger partial charge in [0.2, 0.25) is 5.91 Å². The third-order valence-electron chi connectivity index (χ3n) is 5.31. The van der Waals surface area contributed by atoms with E-state index in [9.17, 15) is 9.59 Å². The molecule has 1 saturated heterocycles. The van der Waals surface area contributed by atoms with Crippen molar-refractivity contribution in [3.63, 3.8) is 0 Å². The second kappa shape index (κ2) is 7.77. The number of likely N-dealkylation sites (tertiary alicyclic amines) is 1. The van der Waals surface area contributed by atoms with Crippen LogP contribution in [-0.4, -0.2) is 28.1 Å². The summed E-state index contributed by atoms with van der Waals surface area (Å²) in [5, 5.41) is 0.786. The number of para-hydroxylation sites is 1. The van der Waals surface area contributed by atoms with E-state index in [4.69, 9.17) is 4.98 Å². The zero-order chi connectivity index (χ0) is 19.5. The van der Waals surface area contributed by atoms with Crippen LogP contribution in [0.3, 0.4) is 0 Å². The van der Waals surface area contributed by atoms with Gasteiger partial charge in [-0.25, -0.2) is 4.98 Å². The number of ketones is 1. The van der Waals surface area contributed by atoms with Gasteiger partial charge in [0.1, 0.15) is 5.92 Å². The fourth-order valence-corrected chi connectivity index (χ4v) is 3.81. The van der Waals surface area contributed by atoms with Gasteiger partial charge in [0.15, 0.2) is 5.78 Å². The van der Waals surface area contributed by atoms with E-state index in [2.05, 4.69) is 6.58 Å². The van der Waals surface area contributed by atoms with Gasteiger partial charge in [0.25, 0.3) is 0 Å². The van der Waals surface area contributed by atoms with Crippen LogP contribution in [0.15, 0.2) is 73.4 Å². The van der Waals surface area contributed by atoms with Crippen LogP contribution in [0, 0.1) is 5.92 Å². The maximum atomic E-state index is 13.5. The van der Waals surface area contributed by atoms with Crippen LogP contribution in [0.2, 0.25) is 0 Å². The number of pyridine rings is 1. The fraction of sp³-hybridized carbons (Fsp3) is 0.208. The topological polar surface area (TPSA) is 50.3 Å². The summed E-state index contributed by atoms with van der Waals surface area (Å²) < 4.78 is 0. The van der Waals surface area contributed by atoms with Crippen molar-refractivity contribution in [3.8, 4) is 11.3 Å². The predicted molar refractivity (Wildman–Crippen MR) is 111 cm³/mol. The number of hydrogen-bond donors (Lipinski definition) is 0. The first-order valence-corrected chi connectivity index (χ1v) is 9.61. The van der Waals surface area contributed by atoms with Crippen molar-refractivity contribution in [1.29, 1.82) is 0 Å². The number of aromatic nitrogens is 1. The maximum Gasteiger partial charge on any atom is 0.237 e. The standard InChI is InChI=1S/C24H22N2O2/c1-2-26-15-9-8-13-19(24(26)28)23(27)20-16-22(17-10-4-3-5-11-17)25-21-14-7-6-12-18(20)21/h2-7,10-12,14,16,19H,1,8-9,13,15H2. The maximum absolute atomic E-state index is 13.5. The summed E-state index contributed by atoms with van der Waals surface area (Å²) in [4.78, 5) is 32.7. The van der Waals surface area contributed by atoms with E-state index in [1.165, 1.54) is 6.20 Å². The molecule has 1 aromatic heterocycles. The van der Waals surface area contributed by atoms with E-state index in [1.54, 1.807) is 4.90 Å². The highest BCUT2D eigenvalue weighted by atomic mass is 16.2. The number of hydrogen-bond acceptors (Lipinski definition) is 3. The Morgan fingerprint density at radius 1 is 1.07 bits per heavy atom. The highest BCUT2D eigenvalue weighted by Crippen LogP contribution is 2.29. The van der Waals surface area contributed by atoms with Gasteiger partial charge in [-0.1, -0.05) is 61.5 Å². The zero-order valence-corrected chi connectivity index (χ0v) is 15.7. The Morgan fingerprint density at radius 2 is 1.82 bits per heavy atom. The van der Waals surface area contributed by atoms with E-state index >= 15 is 0 Å². The lowest BCUT2D eigenvalue weighted by Gasteiger charge is -2.20. The molecule has 28 heavy (non-hydrogen) atoms. The summed E-state index contributed by atoms with van der Waals surface area (Å²) in [5.74, 6) is -0.955. The molecule has 0 saturated carbocycles. The Labute approximate surface area is 164 Å². The lowest BCUT2D eigenvalue weighted by Crippen LogP contribution is -2.34. The van der Waals surface area contributed by atoms with Crippen molar-refractivity contribution in [1.82, 2.24) is 9.88 Å². The van der Waals surface area contributed by atoms with Crippen LogP contribution in [0.5, 0.6) is 0 Å². The van der Waals surface area contributed by atoms with Crippen molar-refractivity contribution in [3.05, 3.63) is 79.0 Å². The Balaban J connectivity index is 1.83. The minimum absolute atomic E-state index is 0.130. The minimum atomic E-state index is -0.671. The fourth-order valence-electron chi connectivity index (χ4n) is 3.81. The molecule has 1 atom stereocenters. The Bertz CT molecular complexity index is 1040. The predicted octanol–water partition coefficient (Wildman–Crippen LogP) is 4.86. The number of carbonyl (C=O) groups is 2. The molecular weight excluding hydrogens is 348 g/mol. The van der Waals surface area contributed by atoms with Gasteiger partial charge < -0.3 is 4.90 Å². The van der Waals surface area contributed by atoms with Gasteiger partial charge in [-0.3, -0.25) is 9.59 Å². The number of amides is 1. The molecule has 1 aliphatic rings. The van der Waals surface area contributed by atoms with Crippen molar-refractivity contribution in [2.45, 2.75) is 19.3 Å². The highest BCUT2D eigenvalue weighted by molar-refractivity contribution is 6.16. The first-order chi connectivity index (χ1) is 13.7. The summed E-state index contributed by atoms with van der Waals surface area (Å²) in [7, 11) is 0. The summed E-state index contributed by atoms with van der Waals surface area (Å²) in [6, 6.07) is 19.2. The number of benzene rings is 2. The van der Waals surface area contributed by atoms with E-state index < -0.39 is 5.92 Å². The summed E-state index contributed by atoms with van der Waals surface area (Å²) in [6.45, 7) is 4.35. The van der Waals surface area contributed by atoms with Crippen molar-refractivity contribution in [2.24, 2.45) is 5.92 Å². The third-order valence-corrected chi connectivity index (χ3v) is 5.31. The molecule has 2 aromatic carbocycles. The molecule has 4 heteroatoms. The van der Waals surface area contributed by atoms with Crippen molar-refractivity contribution < 1.29 is 9.59 Å². The Kier molecular flexibility index (Phi) is 5.02. The van der Waals surface area contributed by atoms with Crippen LogP contribution in [0.4, 0.5) is 0 Å². The number of rotatable bonds is 4. The van der Waals surface area contributed by atoms with Gasteiger partial charge in [0, 0.05) is 23.1 Å². The molecule has 0 radical (unpaired) electrons. The number of carbonyl (C=O) groups excluding carboxylic acids is 2. The average Bonchev–Trinajstić information content (AvgIpc) is 2.94. The Hall–Kier alpha value is -3.27. The molecule has 1 amide bonds. The molecule has 1 unspecified atom stereocenters. The number of Topliss-reactive ketones (excluding diaryl/α,β-unsaturated/α-hetero) is 1. The molecule has 1 fully saturated rings. The van der Waals surface area contributed by atoms with Gasteiger partial charge in [0.05, 0.1) is 11.2 Å². The molecule has 0 N–H and O–H groups in total. The van der Waals surface area contributed by atoms with Crippen LogP contribution < -0.4 is 0 Å². The highest BCUT2D eigenvalue weighted by Gasteiger charge is 2.33. The van der Waals surface area contributed by atoms with Gasteiger partial charge >= 0.3 is 0 Å². The monoisotopic (exact) mass is 370 g/mol. The second-order valence-corrected chi connectivity index (χ2v) is 7.07. The van der Waals surface area contributed by atoms with Crippen LogP contribution in [0.1, 0.15) is 29.6 Å². The van der Waals surface area contributed by atoms with Crippen LogP contribution >= 0.6 is 0 Å². The van der Waals surface area contributed by atoms with Crippen molar-refractivity contribution >= 4 is 22.6 Å². The van der Waals surface area contributed by atoms with Gasteiger partial charge in [-0.05, 0) is 31.2 Å². The summed E-state index contributed by atoms with van der Waals surface area (Å²) in [6.07, 6.45) is 3.84. The minimum Gasteiger partial charge on any atom is -0.319 e. The largest absolute Gasteiger partial charge is 0.319 e. The van der Waals surface area contributed by atoms with Gasteiger partial charge in [-0.15, -0.1) is 0 Å². The molecule has 0 aliphatic carbocycles. The Morgan fingerprint density at radius 3 is 2.61 bits per heavy atom. The number of fused-ring (bicyclic) bond motifs is 1. The average molecular weight is 370 g/mol. The molecule has 140 valence electrons. The first-order valence-electron chi connectivity index (χ1n) is 9.61. The quantitative estimate of drug-likeness (QED) is 0.487. The van der Waals surface area contributed by atoms with Gasteiger partial charge in [-0.2, -0.15) is 0 Å². The normalized spacial score (nSPS) is 17.4. The van der Waals surface area contributed by atoms with Crippen LogP contribution in [-0.2, 0) is 4.79 Å². The molecule has 4 nitrogen and oxygen atoms in total. The van der Waals surface area contributed by atoms with Crippen molar-refractivity contribution in [2.75, 3.05) is 6.54 Å². The zero-order valence-electron chi connectivity index (χ0n) is 15.7. The molecule has 2 heterocycles. The third kappa shape index (κ3) is 3.33. The molecule has 0 spiro atoms. The van der Waals surface area contributed by atoms with E-state index in [0.29, 0.717) is 18.5 Å². The van der Waals surface area contributed by atoms with E-state index in [-0.39, 0.29) is 11.7 Å². The first kappa shape index (κ1) is 18.1. The smallest absolute Gasteiger partial charge is 0.237 e. The van der Waals surface area contributed by atoms with E-state index in [0.717, 1.165) is 35.0 Å². The lowest BCUT2D eigenvalue weighted by atomic mass is 9.90. The molecular formula is C24H22N2O2. The molecule has 1 aliphatic heterocycles. The van der Waals surface area contributed by atoms with E-state index in [1.807, 2.05) is 60.7 Å². The van der Waals surface area contributed by atoms with Crippen LogP contribution in [0.25, 0.3) is 22.2 Å². The molecule has 3 aromatic rings. The number of nitrogens with zero attached hydrogens (tertiary/aromatic N) is 2. The molecule has 4 rings (SSSR count). The summed E-state index contributed by atoms with van der Waals surface area (Å²) >= 11 is 0.